The van der Waals surface area contributed by atoms with Gasteiger partial charge in [-0.3, -0.25) is 4.79 Å². The Morgan fingerprint density at radius 3 is 2.75 bits per heavy atom. The van der Waals surface area contributed by atoms with Crippen LogP contribution in [0.4, 0.5) is 13.2 Å². The molecule has 2 rings (SSSR count). The molecule has 0 spiro atoms. The summed E-state index contributed by atoms with van der Waals surface area (Å²) in [5, 5.41) is 0. The van der Waals surface area contributed by atoms with Gasteiger partial charge in [-0.15, -0.1) is 0 Å². The van der Waals surface area contributed by atoms with Gasteiger partial charge in [0.25, 0.3) is 5.91 Å². The molecule has 1 saturated heterocycles. The van der Waals surface area contributed by atoms with E-state index in [2.05, 4.69) is 0 Å². The van der Waals surface area contributed by atoms with Crippen molar-refractivity contribution >= 4 is 5.91 Å². The van der Waals surface area contributed by atoms with Crippen molar-refractivity contribution in [3.05, 3.63) is 29.3 Å². The Morgan fingerprint density at radius 1 is 1.45 bits per heavy atom. The number of ether oxygens (including phenoxy) is 2. The van der Waals surface area contributed by atoms with Crippen molar-refractivity contribution in [2.45, 2.75) is 25.1 Å². The Morgan fingerprint density at radius 2 is 2.20 bits per heavy atom. The van der Waals surface area contributed by atoms with Gasteiger partial charge in [0.05, 0.1) is 17.2 Å². The van der Waals surface area contributed by atoms with Gasteiger partial charge in [0.15, 0.2) is 0 Å². The predicted octanol–water partition coefficient (Wildman–Crippen LogP) is 2.36. The normalized spacial score (nSPS) is 19.1. The molecule has 0 saturated carbocycles. The van der Waals surface area contributed by atoms with Gasteiger partial charge in [0.2, 0.25) is 0 Å². The first kappa shape index (κ1) is 14.6. The number of rotatable bonds is 4. The highest BCUT2D eigenvalue weighted by atomic mass is 19.4. The molecule has 1 aromatic carbocycles. The fourth-order valence-corrected chi connectivity index (χ4v) is 1.98. The Kier molecular flexibility index (Phi) is 4.17. The van der Waals surface area contributed by atoms with E-state index in [0.29, 0.717) is 12.7 Å². The highest BCUT2D eigenvalue weighted by Crippen LogP contribution is 2.32. The lowest BCUT2D eigenvalue weighted by atomic mass is 10.1. The lowest BCUT2D eigenvalue weighted by Crippen LogP contribution is -2.20. The average Bonchev–Trinajstić information content (AvgIpc) is 2.88. The number of halogens is 3. The zero-order chi connectivity index (χ0) is 14.8. The van der Waals surface area contributed by atoms with Gasteiger partial charge >= 0.3 is 6.18 Å². The number of primary amides is 1. The van der Waals surface area contributed by atoms with Gasteiger partial charge in [-0.1, -0.05) is 0 Å². The molecular formula is C13H14F3NO3. The summed E-state index contributed by atoms with van der Waals surface area (Å²) < 4.78 is 48.4. The molecule has 20 heavy (non-hydrogen) atoms. The molecule has 110 valence electrons. The van der Waals surface area contributed by atoms with Crippen LogP contribution in [-0.2, 0) is 10.9 Å². The summed E-state index contributed by atoms with van der Waals surface area (Å²) >= 11 is 0. The highest BCUT2D eigenvalue weighted by molar-refractivity contribution is 5.95. The number of benzene rings is 1. The van der Waals surface area contributed by atoms with Crippen LogP contribution in [0.3, 0.4) is 0 Å². The van der Waals surface area contributed by atoms with Crippen molar-refractivity contribution in [2.24, 2.45) is 5.73 Å². The van der Waals surface area contributed by atoms with Crippen LogP contribution in [0.5, 0.6) is 5.75 Å². The molecule has 1 unspecified atom stereocenters. The third kappa shape index (κ3) is 3.41. The van der Waals surface area contributed by atoms with Gasteiger partial charge in [0, 0.05) is 6.61 Å². The fourth-order valence-electron chi connectivity index (χ4n) is 1.98. The van der Waals surface area contributed by atoms with E-state index in [-0.39, 0.29) is 24.0 Å². The van der Waals surface area contributed by atoms with Crippen molar-refractivity contribution in [2.75, 3.05) is 13.2 Å². The van der Waals surface area contributed by atoms with Crippen molar-refractivity contribution < 1.29 is 27.4 Å². The number of carbonyl (C=O) groups excluding carboxylic acids is 1. The minimum Gasteiger partial charge on any atom is -0.490 e. The van der Waals surface area contributed by atoms with Crippen LogP contribution in [0, 0.1) is 0 Å². The molecule has 1 aliphatic rings. The van der Waals surface area contributed by atoms with Crippen LogP contribution >= 0.6 is 0 Å². The third-order valence-corrected chi connectivity index (χ3v) is 3.02. The topological polar surface area (TPSA) is 61.6 Å². The minimum atomic E-state index is -4.53. The molecule has 0 aliphatic carbocycles. The van der Waals surface area contributed by atoms with Crippen molar-refractivity contribution in [3.8, 4) is 5.75 Å². The number of hydrogen-bond donors (Lipinski definition) is 1. The summed E-state index contributed by atoms with van der Waals surface area (Å²) in [7, 11) is 0. The first-order valence-corrected chi connectivity index (χ1v) is 6.13. The molecule has 1 aliphatic heterocycles. The van der Waals surface area contributed by atoms with Gasteiger partial charge < -0.3 is 15.2 Å². The molecule has 4 nitrogen and oxygen atoms in total. The molecule has 7 heteroatoms. The van der Waals surface area contributed by atoms with E-state index >= 15 is 0 Å². The van der Waals surface area contributed by atoms with Crippen LogP contribution in [-0.4, -0.2) is 25.2 Å². The quantitative estimate of drug-likeness (QED) is 0.925. The van der Waals surface area contributed by atoms with E-state index < -0.39 is 17.6 Å². The SMILES string of the molecule is NC(=O)c1cc(C(F)(F)F)ccc1OCC1CCCO1. The number of carbonyl (C=O) groups is 1. The average molecular weight is 289 g/mol. The molecule has 1 aromatic rings. The second-order valence-corrected chi connectivity index (χ2v) is 4.52. The number of nitrogens with two attached hydrogens (primary N) is 1. The first-order valence-electron chi connectivity index (χ1n) is 6.13. The number of amides is 1. The number of hydrogen-bond acceptors (Lipinski definition) is 3. The van der Waals surface area contributed by atoms with E-state index in [4.69, 9.17) is 15.2 Å². The lowest BCUT2D eigenvalue weighted by molar-refractivity contribution is -0.137. The van der Waals surface area contributed by atoms with E-state index in [9.17, 15) is 18.0 Å². The van der Waals surface area contributed by atoms with Gasteiger partial charge in [-0.05, 0) is 31.0 Å². The summed E-state index contributed by atoms with van der Waals surface area (Å²) in [5.41, 5.74) is 3.88. The maximum atomic E-state index is 12.6. The van der Waals surface area contributed by atoms with Gasteiger partial charge in [-0.25, -0.2) is 0 Å². The van der Waals surface area contributed by atoms with Crippen molar-refractivity contribution in [3.63, 3.8) is 0 Å². The second kappa shape index (κ2) is 5.70. The zero-order valence-corrected chi connectivity index (χ0v) is 10.6. The Balaban J connectivity index is 2.17. The molecule has 0 radical (unpaired) electrons. The predicted molar refractivity (Wildman–Crippen MR) is 64.4 cm³/mol. The number of alkyl halides is 3. The van der Waals surface area contributed by atoms with Gasteiger partial charge in [0.1, 0.15) is 12.4 Å². The molecule has 2 N–H and O–H groups in total. The van der Waals surface area contributed by atoms with E-state index in [1.165, 1.54) is 0 Å². The molecule has 0 aromatic heterocycles. The molecule has 1 heterocycles. The minimum absolute atomic E-state index is 0.0426. The Labute approximate surface area is 113 Å². The smallest absolute Gasteiger partial charge is 0.416 e. The maximum absolute atomic E-state index is 12.6. The Hall–Kier alpha value is -1.76. The lowest BCUT2D eigenvalue weighted by Gasteiger charge is -2.15. The Bertz CT molecular complexity index is 496. The molecule has 1 fully saturated rings. The van der Waals surface area contributed by atoms with E-state index in [1.54, 1.807) is 0 Å². The van der Waals surface area contributed by atoms with Crippen LogP contribution in [0.1, 0.15) is 28.8 Å². The van der Waals surface area contributed by atoms with Crippen LogP contribution in [0.2, 0.25) is 0 Å². The van der Waals surface area contributed by atoms with Crippen LogP contribution in [0.15, 0.2) is 18.2 Å². The third-order valence-electron chi connectivity index (χ3n) is 3.02. The first-order chi connectivity index (χ1) is 9.38. The van der Waals surface area contributed by atoms with Crippen molar-refractivity contribution in [1.29, 1.82) is 0 Å². The van der Waals surface area contributed by atoms with Crippen LogP contribution in [0.25, 0.3) is 0 Å². The monoisotopic (exact) mass is 289 g/mol. The van der Waals surface area contributed by atoms with E-state index in [0.717, 1.165) is 25.0 Å². The molecule has 0 bridgehead atoms. The van der Waals surface area contributed by atoms with Crippen molar-refractivity contribution in [1.82, 2.24) is 0 Å². The fraction of sp³-hybridized carbons (Fsp3) is 0.462. The summed E-state index contributed by atoms with van der Waals surface area (Å²) in [5.74, 6) is -0.917. The second-order valence-electron chi connectivity index (χ2n) is 4.52. The summed E-state index contributed by atoms with van der Waals surface area (Å²) in [4.78, 5) is 11.2. The summed E-state index contributed by atoms with van der Waals surface area (Å²) in [6.45, 7) is 0.829. The summed E-state index contributed by atoms with van der Waals surface area (Å²) in [6, 6.07) is 2.67. The molecule has 1 amide bonds. The highest BCUT2D eigenvalue weighted by Gasteiger charge is 2.32. The zero-order valence-electron chi connectivity index (χ0n) is 10.6. The van der Waals surface area contributed by atoms with Crippen LogP contribution < -0.4 is 10.5 Å². The summed E-state index contributed by atoms with van der Waals surface area (Å²) in [6.07, 6.45) is -2.88. The van der Waals surface area contributed by atoms with Gasteiger partial charge in [-0.2, -0.15) is 13.2 Å². The van der Waals surface area contributed by atoms with E-state index in [1.807, 2.05) is 0 Å². The largest absolute Gasteiger partial charge is 0.490 e. The maximum Gasteiger partial charge on any atom is 0.416 e. The standard InChI is InChI=1S/C13H14F3NO3/c14-13(15,16)8-3-4-11(10(6-8)12(17)18)20-7-9-2-1-5-19-9/h3-4,6,9H,1-2,5,7H2,(H2,17,18). The molecular weight excluding hydrogens is 275 g/mol. The molecule has 1 atom stereocenters.